The van der Waals surface area contributed by atoms with E-state index in [9.17, 15) is 19.2 Å². The van der Waals surface area contributed by atoms with Gasteiger partial charge in [-0.3, -0.25) is 19.2 Å². The molecule has 13 heteroatoms. The minimum absolute atomic E-state index is 0.0233. The summed E-state index contributed by atoms with van der Waals surface area (Å²) in [7, 11) is 3.09. The molecule has 0 saturated carbocycles. The first kappa shape index (κ1) is 35.0. The molecule has 0 bridgehead atoms. The number of aryl methyl sites for hydroxylation is 1. The van der Waals surface area contributed by atoms with E-state index >= 15 is 0 Å². The van der Waals surface area contributed by atoms with E-state index < -0.39 is 11.8 Å². The number of carbonyl (C=O) groups excluding carboxylic acids is 4. The van der Waals surface area contributed by atoms with Crippen molar-refractivity contribution in [2.24, 2.45) is 0 Å². The first-order valence-corrected chi connectivity index (χ1v) is 15.6. The van der Waals surface area contributed by atoms with Crippen molar-refractivity contribution >= 4 is 69.7 Å². The van der Waals surface area contributed by atoms with Crippen LogP contribution in [0.5, 0.6) is 5.75 Å². The van der Waals surface area contributed by atoms with Crippen LogP contribution in [0.4, 0.5) is 5.69 Å². The summed E-state index contributed by atoms with van der Waals surface area (Å²) in [5.74, 6) is -0.267. The number of likely N-dealkylation sites (N-methyl/N-ethyl adjacent to an activating group) is 1. The number of esters is 1. The fraction of sp³-hybridized carbons (Fsp3) is 0.265. The highest BCUT2D eigenvalue weighted by atomic mass is 35.5. The van der Waals surface area contributed by atoms with Crippen LogP contribution in [-0.2, 0) is 38.7 Å². The number of benzene rings is 3. The molecule has 0 aliphatic heterocycles. The molecule has 2 N–H and O–H groups in total. The Morgan fingerprint density at radius 3 is 2.45 bits per heavy atom. The Balaban J connectivity index is 1.42. The summed E-state index contributed by atoms with van der Waals surface area (Å²) >= 11 is 13.2. The molecule has 0 spiro atoms. The van der Waals surface area contributed by atoms with Crippen molar-refractivity contribution in [3.63, 3.8) is 0 Å². The SMILES string of the molecule is CCOC(=O)Cn1c(CC)nc2c(OCc3c(Cl)ccc(N(C)C(=O)CNC(=O)C=Cc4ccc(C(=O)NC)cc4)c3Cl)cccc21. The van der Waals surface area contributed by atoms with Gasteiger partial charge in [0.1, 0.15) is 30.2 Å². The third-order valence-corrected chi connectivity index (χ3v) is 8.02. The maximum atomic E-state index is 13.0. The van der Waals surface area contributed by atoms with Crippen LogP contribution in [0.1, 0.15) is 41.2 Å². The standard InChI is InChI=1S/C34H35Cl2N5O6/c1-5-28-39-33-26(41(28)19-31(44)46-6-2)8-7-9-27(33)47-20-23-24(35)15-16-25(32(23)36)40(4)30(43)18-38-29(42)17-12-21-10-13-22(14-11-21)34(45)37-3/h7-17H,5-6,18-20H2,1-4H3,(H,37,45)(H,38,42). The van der Waals surface area contributed by atoms with Gasteiger partial charge in [-0.2, -0.15) is 0 Å². The number of amides is 3. The number of nitrogens with zero attached hydrogens (tertiary/aromatic N) is 3. The minimum Gasteiger partial charge on any atom is -0.486 e. The maximum absolute atomic E-state index is 13.0. The van der Waals surface area contributed by atoms with Gasteiger partial charge in [-0.25, -0.2) is 4.98 Å². The Hall–Kier alpha value is -4.87. The van der Waals surface area contributed by atoms with Crippen LogP contribution in [0.25, 0.3) is 17.1 Å². The lowest BCUT2D eigenvalue weighted by atomic mass is 10.1. The molecular weight excluding hydrogens is 645 g/mol. The largest absolute Gasteiger partial charge is 0.486 e. The molecule has 11 nitrogen and oxygen atoms in total. The van der Waals surface area contributed by atoms with Gasteiger partial charge >= 0.3 is 5.97 Å². The molecule has 0 saturated heterocycles. The molecule has 0 fully saturated rings. The van der Waals surface area contributed by atoms with E-state index in [1.54, 1.807) is 75.6 Å². The van der Waals surface area contributed by atoms with Gasteiger partial charge in [0.25, 0.3) is 5.91 Å². The Kier molecular flexibility index (Phi) is 12.0. The molecule has 1 heterocycles. The van der Waals surface area contributed by atoms with Crippen LogP contribution in [0.3, 0.4) is 0 Å². The highest BCUT2D eigenvalue weighted by Crippen LogP contribution is 2.35. The lowest BCUT2D eigenvalue weighted by Gasteiger charge is -2.21. The topological polar surface area (TPSA) is 132 Å². The molecule has 0 radical (unpaired) electrons. The lowest BCUT2D eigenvalue weighted by Crippen LogP contribution is -2.37. The molecule has 0 unspecified atom stereocenters. The number of aromatic nitrogens is 2. The number of hydrogen-bond acceptors (Lipinski definition) is 7. The second kappa shape index (κ2) is 16.1. The van der Waals surface area contributed by atoms with E-state index in [-0.39, 0.29) is 43.2 Å². The average Bonchev–Trinajstić information content (AvgIpc) is 3.43. The fourth-order valence-electron chi connectivity index (χ4n) is 4.73. The molecular formula is C34H35Cl2N5O6. The van der Waals surface area contributed by atoms with Crippen molar-refractivity contribution in [3.8, 4) is 5.75 Å². The van der Waals surface area contributed by atoms with Crippen LogP contribution >= 0.6 is 23.2 Å². The van der Waals surface area contributed by atoms with Crippen molar-refractivity contribution in [3.05, 3.63) is 93.2 Å². The predicted molar refractivity (Wildman–Crippen MR) is 182 cm³/mol. The average molecular weight is 681 g/mol. The third-order valence-electron chi connectivity index (χ3n) is 7.24. The van der Waals surface area contributed by atoms with E-state index in [0.717, 1.165) is 5.52 Å². The number of nitrogens with one attached hydrogen (secondary N) is 2. The van der Waals surface area contributed by atoms with E-state index in [1.165, 1.54) is 11.0 Å². The molecule has 1 aromatic heterocycles. The van der Waals surface area contributed by atoms with Gasteiger partial charge in [-0.1, -0.05) is 48.3 Å². The number of imidazole rings is 1. The normalized spacial score (nSPS) is 11.0. The highest BCUT2D eigenvalue weighted by Gasteiger charge is 2.21. The quantitative estimate of drug-likeness (QED) is 0.147. The molecule has 3 aromatic carbocycles. The number of ether oxygens (including phenoxy) is 2. The van der Waals surface area contributed by atoms with Gasteiger partial charge in [0.15, 0.2) is 0 Å². The van der Waals surface area contributed by atoms with E-state index in [2.05, 4.69) is 10.6 Å². The van der Waals surface area contributed by atoms with Crippen LogP contribution in [-0.4, -0.2) is 60.5 Å². The zero-order valence-electron chi connectivity index (χ0n) is 26.4. The number of carbonyl (C=O) groups is 4. The van der Waals surface area contributed by atoms with Gasteiger partial charge in [0, 0.05) is 42.7 Å². The second-order valence-corrected chi connectivity index (χ2v) is 11.0. The molecule has 47 heavy (non-hydrogen) atoms. The molecule has 0 aliphatic carbocycles. The summed E-state index contributed by atoms with van der Waals surface area (Å²) in [5.41, 5.74) is 3.35. The molecule has 4 rings (SSSR count). The molecule has 246 valence electrons. The number of para-hydroxylation sites is 1. The first-order chi connectivity index (χ1) is 22.6. The van der Waals surface area contributed by atoms with Crippen molar-refractivity contribution < 1.29 is 28.7 Å². The number of fused-ring (bicyclic) bond motifs is 1. The fourth-order valence-corrected chi connectivity index (χ4v) is 5.34. The van der Waals surface area contributed by atoms with Crippen molar-refractivity contribution in [2.75, 3.05) is 32.1 Å². The van der Waals surface area contributed by atoms with Gasteiger partial charge in [0.2, 0.25) is 11.8 Å². The zero-order valence-corrected chi connectivity index (χ0v) is 27.9. The summed E-state index contributed by atoms with van der Waals surface area (Å²) in [5, 5.41) is 5.67. The number of rotatable bonds is 13. The summed E-state index contributed by atoms with van der Waals surface area (Å²) in [4.78, 5) is 55.3. The zero-order chi connectivity index (χ0) is 34.1. The summed E-state index contributed by atoms with van der Waals surface area (Å²) in [6.45, 7) is 3.72. The van der Waals surface area contributed by atoms with Crippen LogP contribution in [0.2, 0.25) is 10.0 Å². The monoisotopic (exact) mass is 679 g/mol. The lowest BCUT2D eigenvalue weighted by molar-refractivity contribution is -0.143. The van der Waals surface area contributed by atoms with E-state index in [4.69, 9.17) is 37.7 Å². The predicted octanol–water partition coefficient (Wildman–Crippen LogP) is 5.20. The molecule has 3 amide bonds. The Morgan fingerprint density at radius 1 is 1.02 bits per heavy atom. The third kappa shape index (κ3) is 8.49. The second-order valence-electron chi connectivity index (χ2n) is 10.2. The van der Waals surface area contributed by atoms with Gasteiger partial charge < -0.3 is 29.6 Å². The number of hydrogen-bond donors (Lipinski definition) is 2. The van der Waals surface area contributed by atoms with Crippen LogP contribution in [0, 0.1) is 0 Å². The summed E-state index contributed by atoms with van der Waals surface area (Å²) < 4.78 is 13.1. The highest BCUT2D eigenvalue weighted by molar-refractivity contribution is 6.38. The van der Waals surface area contributed by atoms with Crippen LogP contribution < -0.4 is 20.3 Å². The molecule has 0 aliphatic rings. The number of anilines is 1. The Bertz CT molecular complexity index is 1820. The maximum Gasteiger partial charge on any atom is 0.326 e. The van der Waals surface area contributed by atoms with Gasteiger partial charge in [-0.15, -0.1) is 0 Å². The van der Waals surface area contributed by atoms with Crippen molar-refractivity contribution in [2.45, 2.75) is 33.4 Å². The van der Waals surface area contributed by atoms with Gasteiger partial charge in [0.05, 0.1) is 29.4 Å². The Morgan fingerprint density at radius 2 is 1.77 bits per heavy atom. The van der Waals surface area contributed by atoms with Crippen molar-refractivity contribution in [1.82, 2.24) is 20.2 Å². The summed E-state index contributed by atoms with van der Waals surface area (Å²) in [6, 6.07) is 15.4. The van der Waals surface area contributed by atoms with Crippen molar-refractivity contribution in [1.29, 1.82) is 0 Å². The number of halogens is 2. The van der Waals surface area contributed by atoms with Crippen LogP contribution in [0.15, 0.2) is 60.7 Å². The van der Waals surface area contributed by atoms with E-state index in [0.29, 0.717) is 50.9 Å². The Labute approximate surface area is 282 Å². The van der Waals surface area contributed by atoms with Gasteiger partial charge in [-0.05, 0) is 55.0 Å². The summed E-state index contributed by atoms with van der Waals surface area (Å²) in [6.07, 6.45) is 3.48. The van der Waals surface area contributed by atoms with E-state index in [1.807, 2.05) is 17.6 Å². The molecule has 0 atom stereocenters. The first-order valence-electron chi connectivity index (χ1n) is 14.9. The smallest absolute Gasteiger partial charge is 0.326 e. The minimum atomic E-state index is -0.469. The molecule has 4 aromatic rings.